The van der Waals surface area contributed by atoms with Crippen molar-refractivity contribution >= 4 is 42.5 Å². The monoisotopic (exact) mass is 440 g/mol. The van der Waals surface area contributed by atoms with E-state index in [4.69, 9.17) is 0 Å². The molecular formula is C11HNa5O10S. The first-order valence-electron chi connectivity index (χ1n) is 5.01. The number of carbonyl (C=O) groups excluding carboxylic acids is 5. The van der Waals surface area contributed by atoms with Gasteiger partial charge in [0.05, 0.1) is 29.8 Å². The summed E-state index contributed by atoms with van der Waals surface area (Å²) in [7, 11) is 0. The van der Waals surface area contributed by atoms with Crippen molar-refractivity contribution in [3.8, 4) is 0 Å². The van der Waals surface area contributed by atoms with Gasteiger partial charge in [-0.15, -0.1) is 12.6 Å². The molecule has 1 aromatic carbocycles. The second kappa shape index (κ2) is 16.6. The Labute approximate surface area is 267 Å². The van der Waals surface area contributed by atoms with Crippen molar-refractivity contribution < 1.29 is 197 Å². The Morgan fingerprint density at radius 3 is 0.741 bits per heavy atom. The summed E-state index contributed by atoms with van der Waals surface area (Å²) in [5.74, 6) is -12.0. The third kappa shape index (κ3) is 8.90. The van der Waals surface area contributed by atoms with Crippen molar-refractivity contribution in [1.29, 1.82) is 0 Å². The van der Waals surface area contributed by atoms with E-state index in [-0.39, 0.29) is 148 Å². The van der Waals surface area contributed by atoms with Crippen LogP contribution in [0.25, 0.3) is 0 Å². The van der Waals surface area contributed by atoms with Gasteiger partial charge in [0.25, 0.3) is 0 Å². The van der Waals surface area contributed by atoms with E-state index in [9.17, 15) is 49.5 Å². The van der Waals surface area contributed by atoms with Crippen LogP contribution in [0.1, 0.15) is 51.8 Å². The van der Waals surface area contributed by atoms with Crippen LogP contribution >= 0.6 is 12.6 Å². The fraction of sp³-hybridized carbons (Fsp3) is 0. The summed E-state index contributed by atoms with van der Waals surface area (Å²) in [6, 6.07) is 0. The van der Waals surface area contributed by atoms with Crippen molar-refractivity contribution in [1.82, 2.24) is 0 Å². The Hall–Kier alpha value is 1.92. The molecule has 0 aliphatic heterocycles. The molecule has 0 atom stereocenters. The molecule has 10 nitrogen and oxygen atoms in total. The quantitative estimate of drug-likeness (QED) is 0.338. The van der Waals surface area contributed by atoms with Crippen LogP contribution in [-0.4, -0.2) is 29.8 Å². The molecule has 16 heteroatoms. The number of carboxylic acids is 5. The molecule has 27 heavy (non-hydrogen) atoms. The maximum atomic E-state index is 11.0. The number of rotatable bonds is 5. The van der Waals surface area contributed by atoms with Crippen molar-refractivity contribution in [2.75, 3.05) is 0 Å². The molecule has 0 N–H and O–H groups in total. The molecule has 0 aliphatic carbocycles. The summed E-state index contributed by atoms with van der Waals surface area (Å²) in [5.41, 5.74) is -8.13. The Bertz CT molecular complexity index is 713. The fourth-order valence-electron chi connectivity index (χ4n) is 1.75. The first kappa shape index (κ1) is 39.4. The van der Waals surface area contributed by atoms with E-state index in [1.165, 1.54) is 0 Å². The minimum absolute atomic E-state index is 0. The summed E-state index contributed by atoms with van der Waals surface area (Å²) < 4.78 is 0. The van der Waals surface area contributed by atoms with Gasteiger partial charge in [0.1, 0.15) is 0 Å². The summed E-state index contributed by atoms with van der Waals surface area (Å²) >= 11 is 3.40. The SMILES string of the molecule is O=C([O-])c1c(S)c(C(=O)[O-])c(C(=O)[O-])c(C(=O)[O-])c1C(=O)[O-].[Na+].[Na+].[Na+].[Na+].[Na+]. The van der Waals surface area contributed by atoms with Crippen LogP contribution in [-0.2, 0) is 0 Å². The number of aromatic carboxylic acids is 5. The second-order valence-corrected chi connectivity index (χ2v) is 4.11. The minimum Gasteiger partial charge on any atom is -0.545 e. The third-order valence-electron chi connectivity index (χ3n) is 2.49. The molecule has 1 rings (SSSR count). The van der Waals surface area contributed by atoms with Gasteiger partial charge in [-0.2, -0.15) is 0 Å². The zero-order valence-corrected chi connectivity index (χ0v) is 25.9. The molecule has 0 radical (unpaired) electrons. The van der Waals surface area contributed by atoms with Crippen molar-refractivity contribution in [3.63, 3.8) is 0 Å². The van der Waals surface area contributed by atoms with Gasteiger partial charge in [0, 0.05) is 32.7 Å². The van der Waals surface area contributed by atoms with Crippen LogP contribution in [0, 0.1) is 0 Å². The average molecular weight is 440 g/mol. The smallest absolute Gasteiger partial charge is 0.545 e. The predicted molar refractivity (Wildman–Crippen MR) is 55.3 cm³/mol. The van der Waals surface area contributed by atoms with E-state index < -0.39 is 62.6 Å². The van der Waals surface area contributed by atoms with Crippen LogP contribution in [0.4, 0.5) is 0 Å². The van der Waals surface area contributed by atoms with E-state index in [1.54, 1.807) is 0 Å². The zero-order chi connectivity index (χ0) is 17.4. The molecular weight excluding hydrogens is 439 g/mol. The standard InChI is InChI=1S/C11H6O10S.5Na/c12-7(13)1-2(8(14)15)4(10(18)19)6(22)5(11(20)21)3(1)9(16)17;;;;;/h22H,(H,12,13)(H,14,15)(H,16,17)(H,18,19)(H,20,21);;;;;/q;5*+1/p-5. The Morgan fingerprint density at radius 2 is 0.593 bits per heavy atom. The Balaban J connectivity index is -0.000000323. The summed E-state index contributed by atoms with van der Waals surface area (Å²) in [6.07, 6.45) is 0. The summed E-state index contributed by atoms with van der Waals surface area (Å²) in [5, 5.41) is 54.8. The van der Waals surface area contributed by atoms with Gasteiger partial charge in [-0.3, -0.25) is 0 Å². The maximum Gasteiger partial charge on any atom is 1.00 e. The molecule has 0 amide bonds. The molecule has 1 aromatic rings. The van der Waals surface area contributed by atoms with Crippen LogP contribution in [0.3, 0.4) is 0 Å². The maximum absolute atomic E-state index is 11.0. The number of carboxylic acid groups (broad SMARTS) is 5. The van der Waals surface area contributed by atoms with E-state index in [0.29, 0.717) is 0 Å². The molecule has 0 spiro atoms. The molecule has 116 valence electrons. The van der Waals surface area contributed by atoms with Gasteiger partial charge in [-0.05, 0) is 0 Å². The second-order valence-electron chi connectivity index (χ2n) is 3.66. The van der Waals surface area contributed by atoms with Crippen LogP contribution in [0.2, 0.25) is 0 Å². The fourth-order valence-corrected chi connectivity index (χ4v) is 2.15. The Kier molecular flexibility index (Phi) is 24.2. The van der Waals surface area contributed by atoms with Gasteiger partial charge in [-0.1, -0.05) is 0 Å². The number of carbonyl (C=O) groups is 5. The van der Waals surface area contributed by atoms with E-state index in [0.717, 1.165) is 0 Å². The molecule has 0 aromatic heterocycles. The van der Waals surface area contributed by atoms with Crippen LogP contribution in [0.15, 0.2) is 4.90 Å². The normalized spacial score (nSPS) is 8.19. The topological polar surface area (TPSA) is 201 Å². The number of hydrogen-bond donors (Lipinski definition) is 1. The number of hydrogen-bond acceptors (Lipinski definition) is 11. The molecule has 0 saturated heterocycles. The van der Waals surface area contributed by atoms with Gasteiger partial charge in [-0.25, -0.2) is 0 Å². The molecule has 0 bridgehead atoms. The molecule has 0 fully saturated rings. The van der Waals surface area contributed by atoms with Crippen molar-refractivity contribution in [3.05, 3.63) is 27.8 Å². The van der Waals surface area contributed by atoms with E-state index in [2.05, 4.69) is 12.6 Å². The van der Waals surface area contributed by atoms with E-state index in [1.807, 2.05) is 0 Å². The molecule has 0 heterocycles. The number of benzene rings is 1. The van der Waals surface area contributed by atoms with Gasteiger partial charge < -0.3 is 49.5 Å². The predicted octanol–water partition coefficient (Wildman–Crippen LogP) is -21.2. The minimum atomic E-state index is -2.49. The largest absolute Gasteiger partial charge is 1.00 e. The Morgan fingerprint density at radius 1 is 0.444 bits per heavy atom. The van der Waals surface area contributed by atoms with Crippen molar-refractivity contribution in [2.45, 2.75) is 4.90 Å². The first-order chi connectivity index (χ1) is 10.0. The summed E-state index contributed by atoms with van der Waals surface area (Å²) in [4.78, 5) is 53.5. The van der Waals surface area contributed by atoms with Crippen molar-refractivity contribution in [2.24, 2.45) is 0 Å². The molecule has 0 saturated carbocycles. The zero-order valence-electron chi connectivity index (χ0n) is 15.0. The third-order valence-corrected chi connectivity index (χ3v) is 2.94. The first-order valence-corrected chi connectivity index (χ1v) is 5.46. The van der Waals surface area contributed by atoms with Gasteiger partial charge in [0.15, 0.2) is 0 Å². The number of thiol groups is 1. The van der Waals surface area contributed by atoms with Crippen LogP contribution in [0.5, 0.6) is 0 Å². The molecule has 0 aliphatic rings. The summed E-state index contributed by atoms with van der Waals surface area (Å²) in [6.45, 7) is 0. The molecule has 0 unspecified atom stereocenters. The van der Waals surface area contributed by atoms with Crippen LogP contribution < -0.4 is 173 Å². The average Bonchev–Trinajstić information content (AvgIpc) is 2.34. The van der Waals surface area contributed by atoms with Gasteiger partial charge >= 0.3 is 148 Å². The van der Waals surface area contributed by atoms with Gasteiger partial charge in [0.2, 0.25) is 0 Å². The van der Waals surface area contributed by atoms with E-state index >= 15 is 0 Å².